The first-order valence-electron chi connectivity index (χ1n) is 7.15. The summed E-state index contributed by atoms with van der Waals surface area (Å²) in [5, 5.41) is 0. The molecule has 0 saturated carbocycles. The first-order valence-corrected chi connectivity index (χ1v) is 10.5. The van der Waals surface area contributed by atoms with E-state index in [4.69, 9.17) is 0 Å². The first-order chi connectivity index (χ1) is 10.1. The molecule has 124 valence electrons. The zero-order valence-electron chi connectivity index (χ0n) is 13.1. The fourth-order valence-corrected chi connectivity index (χ4v) is 4.38. The van der Waals surface area contributed by atoms with E-state index in [1.54, 1.807) is 6.07 Å². The quantitative estimate of drug-likeness (QED) is 0.822. The van der Waals surface area contributed by atoms with Crippen molar-refractivity contribution < 1.29 is 16.8 Å². The molecule has 8 heteroatoms. The number of sulfone groups is 1. The van der Waals surface area contributed by atoms with E-state index < -0.39 is 19.9 Å². The van der Waals surface area contributed by atoms with E-state index in [0.717, 1.165) is 42.9 Å². The molecule has 22 heavy (non-hydrogen) atoms. The van der Waals surface area contributed by atoms with Gasteiger partial charge in [-0.15, -0.1) is 0 Å². The lowest BCUT2D eigenvalue weighted by molar-refractivity contribution is 0.518. The van der Waals surface area contributed by atoms with Gasteiger partial charge in [-0.2, -0.15) is 0 Å². The van der Waals surface area contributed by atoms with Crippen molar-refractivity contribution in [1.29, 1.82) is 0 Å². The summed E-state index contributed by atoms with van der Waals surface area (Å²) >= 11 is 0. The van der Waals surface area contributed by atoms with E-state index in [0.29, 0.717) is 5.69 Å². The zero-order valence-corrected chi connectivity index (χ0v) is 14.7. The number of hydrogen-bond acceptors (Lipinski definition) is 5. The Hall–Kier alpha value is -1.12. The van der Waals surface area contributed by atoms with Crippen LogP contribution >= 0.6 is 0 Å². The fourth-order valence-electron chi connectivity index (χ4n) is 2.52. The molecule has 6 nitrogen and oxygen atoms in total. The molecule has 1 aromatic carbocycles. The van der Waals surface area contributed by atoms with Gasteiger partial charge >= 0.3 is 0 Å². The lowest BCUT2D eigenvalue weighted by atomic mass is 10.1. The topological polar surface area (TPSA) is 74.8 Å². The molecule has 1 aromatic rings. The highest BCUT2D eigenvalue weighted by atomic mass is 32.2. The highest BCUT2D eigenvalue weighted by molar-refractivity contribution is 7.91. The highest BCUT2D eigenvalue weighted by Gasteiger charge is 2.26. The summed E-state index contributed by atoms with van der Waals surface area (Å²) in [4.78, 5) is 2.10. The van der Waals surface area contributed by atoms with Gasteiger partial charge in [0.05, 0.1) is 10.6 Å². The molecule has 0 aliphatic carbocycles. The van der Waals surface area contributed by atoms with E-state index >= 15 is 0 Å². The molecule has 1 saturated heterocycles. The minimum absolute atomic E-state index is 0.0219. The van der Waals surface area contributed by atoms with Gasteiger partial charge in [-0.25, -0.2) is 21.1 Å². The zero-order chi connectivity index (χ0) is 16.5. The van der Waals surface area contributed by atoms with Crippen LogP contribution in [0, 0.1) is 0 Å². The second-order valence-corrected chi connectivity index (χ2v) is 9.87. The van der Waals surface area contributed by atoms with Gasteiger partial charge in [0.2, 0.25) is 10.0 Å². The molecule has 0 aromatic heterocycles. The number of sulfonamides is 1. The van der Waals surface area contributed by atoms with Crippen molar-refractivity contribution in [2.75, 3.05) is 38.3 Å². The minimum Gasteiger partial charge on any atom is -0.370 e. The number of piperidine rings is 1. The van der Waals surface area contributed by atoms with Gasteiger partial charge in [-0.05, 0) is 37.5 Å². The third kappa shape index (κ3) is 3.44. The molecule has 1 fully saturated rings. The molecule has 2 rings (SSSR count). The summed E-state index contributed by atoms with van der Waals surface area (Å²) in [5.41, 5.74) is 0.584. The molecule has 0 spiro atoms. The molecule has 0 atom stereocenters. The fraction of sp³-hybridized carbons (Fsp3) is 0.571. The minimum atomic E-state index is -3.71. The largest absolute Gasteiger partial charge is 0.370 e. The molecule has 1 aliphatic heterocycles. The van der Waals surface area contributed by atoms with Gasteiger partial charge in [0.1, 0.15) is 4.90 Å². The average Bonchev–Trinajstić information content (AvgIpc) is 2.46. The van der Waals surface area contributed by atoms with Crippen LogP contribution in [0.15, 0.2) is 28.0 Å². The maximum absolute atomic E-state index is 12.6. The van der Waals surface area contributed by atoms with Gasteiger partial charge in [0.25, 0.3) is 0 Å². The van der Waals surface area contributed by atoms with E-state index in [9.17, 15) is 16.8 Å². The van der Waals surface area contributed by atoms with Crippen molar-refractivity contribution in [3.63, 3.8) is 0 Å². The predicted octanol–water partition coefficient (Wildman–Crippen LogP) is 1.33. The summed E-state index contributed by atoms with van der Waals surface area (Å²) in [7, 11) is -4.28. The molecule has 0 N–H and O–H groups in total. The Balaban J connectivity index is 2.63. The number of anilines is 1. The Labute approximate surface area is 132 Å². The second kappa shape index (κ2) is 6.17. The molecule has 0 unspecified atom stereocenters. The number of benzene rings is 1. The third-order valence-electron chi connectivity index (χ3n) is 3.81. The lowest BCUT2D eigenvalue weighted by Gasteiger charge is -2.31. The highest BCUT2D eigenvalue weighted by Crippen LogP contribution is 2.31. The van der Waals surface area contributed by atoms with Crippen molar-refractivity contribution in [2.24, 2.45) is 0 Å². The van der Waals surface area contributed by atoms with Crippen LogP contribution in [0.25, 0.3) is 0 Å². The monoisotopic (exact) mass is 346 g/mol. The molecule has 1 heterocycles. The van der Waals surface area contributed by atoms with Crippen LogP contribution in [0.5, 0.6) is 0 Å². The summed E-state index contributed by atoms with van der Waals surface area (Å²) in [6.45, 7) is 1.57. The van der Waals surface area contributed by atoms with Gasteiger partial charge in [0, 0.05) is 33.4 Å². The Morgan fingerprint density at radius 1 is 1.00 bits per heavy atom. The Bertz CT molecular complexity index is 749. The Morgan fingerprint density at radius 2 is 1.59 bits per heavy atom. The number of nitrogens with zero attached hydrogens (tertiary/aromatic N) is 2. The van der Waals surface area contributed by atoms with E-state index in [1.165, 1.54) is 26.2 Å². The third-order valence-corrected chi connectivity index (χ3v) is 6.77. The van der Waals surface area contributed by atoms with Crippen LogP contribution < -0.4 is 4.90 Å². The summed E-state index contributed by atoms with van der Waals surface area (Å²) in [5.74, 6) is 0. The van der Waals surface area contributed by atoms with E-state index in [1.807, 2.05) is 4.90 Å². The summed E-state index contributed by atoms with van der Waals surface area (Å²) < 4.78 is 49.8. The van der Waals surface area contributed by atoms with E-state index in [-0.39, 0.29) is 9.79 Å². The molecular weight excluding hydrogens is 324 g/mol. The van der Waals surface area contributed by atoms with Crippen molar-refractivity contribution in [2.45, 2.75) is 29.1 Å². The second-order valence-electron chi connectivity index (χ2n) is 5.74. The van der Waals surface area contributed by atoms with Crippen LogP contribution in [-0.2, 0) is 19.9 Å². The van der Waals surface area contributed by atoms with Gasteiger partial charge in [0.15, 0.2) is 9.84 Å². The Morgan fingerprint density at radius 3 is 2.09 bits per heavy atom. The molecule has 0 radical (unpaired) electrons. The number of hydrogen-bond donors (Lipinski definition) is 0. The van der Waals surface area contributed by atoms with Gasteiger partial charge < -0.3 is 4.90 Å². The van der Waals surface area contributed by atoms with Crippen LogP contribution in [0.4, 0.5) is 5.69 Å². The SMILES string of the molecule is CN(C)S(=O)(=O)c1cc(S(C)(=O)=O)ccc1N1CCCCC1. The average molecular weight is 346 g/mol. The first kappa shape index (κ1) is 17.2. The normalized spacial score (nSPS) is 17.0. The summed E-state index contributed by atoms with van der Waals surface area (Å²) in [6, 6.07) is 4.36. The molecule has 0 bridgehead atoms. The standard InChI is InChI=1S/C14H22N2O4S2/c1-15(2)22(19,20)14-11-12(21(3,17)18)7-8-13(14)16-9-5-4-6-10-16/h7-8,11H,4-6,9-10H2,1-3H3. The lowest BCUT2D eigenvalue weighted by Crippen LogP contribution is -2.32. The van der Waals surface area contributed by atoms with Crippen molar-refractivity contribution in [3.05, 3.63) is 18.2 Å². The maximum Gasteiger partial charge on any atom is 0.244 e. The van der Waals surface area contributed by atoms with Crippen molar-refractivity contribution in [1.82, 2.24) is 4.31 Å². The van der Waals surface area contributed by atoms with Crippen LogP contribution in [0.1, 0.15) is 19.3 Å². The maximum atomic E-state index is 12.6. The van der Waals surface area contributed by atoms with Crippen LogP contribution in [0.2, 0.25) is 0 Å². The van der Waals surface area contributed by atoms with Crippen LogP contribution in [0.3, 0.4) is 0 Å². The van der Waals surface area contributed by atoms with Crippen molar-refractivity contribution >= 4 is 25.5 Å². The summed E-state index contributed by atoms with van der Waals surface area (Å²) in [6.07, 6.45) is 4.23. The van der Waals surface area contributed by atoms with Gasteiger partial charge in [-0.3, -0.25) is 0 Å². The predicted molar refractivity (Wildman–Crippen MR) is 86.5 cm³/mol. The van der Waals surface area contributed by atoms with Crippen LogP contribution in [-0.4, -0.2) is 54.6 Å². The van der Waals surface area contributed by atoms with E-state index in [2.05, 4.69) is 0 Å². The van der Waals surface area contributed by atoms with Crippen molar-refractivity contribution in [3.8, 4) is 0 Å². The smallest absolute Gasteiger partial charge is 0.244 e. The van der Waals surface area contributed by atoms with Gasteiger partial charge in [-0.1, -0.05) is 0 Å². The number of rotatable bonds is 4. The molecule has 0 amide bonds. The molecular formula is C14H22N2O4S2. The Kier molecular flexibility index (Phi) is 4.84. The molecule has 1 aliphatic rings.